The third-order valence-electron chi connectivity index (χ3n) is 3.10. The van der Waals surface area contributed by atoms with Crippen LogP contribution in [-0.4, -0.2) is 30.2 Å². The average Bonchev–Trinajstić information content (AvgIpc) is 2.64. The normalized spacial score (nSPS) is 26.2. The molecule has 0 saturated heterocycles. The van der Waals surface area contributed by atoms with E-state index < -0.39 is 19.8 Å². The van der Waals surface area contributed by atoms with E-state index in [0.29, 0.717) is 19.4 Å². The molecular weight excluding hydrogens is 299 g/mol. The minimum Gasteiger partial charge on any atom is -0.364 e. The zero-order valence-corrected chi connectivity index (χ0v) is 12.1. The van der Waals surface area contributed by atoms with E-state index in [-0.39, 0.29) is 5.75 Å². The van der Waals surface area contributed by atoms with E-state index in [1.807, 2.05) is 0 Å². The molecule has 2 rings (SSSR count). The van der Waals surface area contributed by atoms with Crippen LogP contribution in [0.15, 0.2) is 17.0 Å². The van der Waals surface area contributed by atoms with Gasteiger partial charge in [-0.2, -0.15) is 0 Å². The lowest BCUT2D eigenvalue weighted by atomic mass is 10.2. The number of nitrogens with zero attached hydrogens (tertiary/aromatic N) is 1. The number of halogens is 2. The maximum absolute atomic E-state index is 11.8. The standard InChI is InChI=1S/C10H14Cl2N2O3S/c1-9(6-10(9,11)12)7-18(15,16)14-3-2-8-4-13-17-5-8/h4-5,14H,2-3,6-7H2,1H3. The maximum atomic E-state index is 11.8. The number of aromatic nitrogens is 1. The van der Waals surface area contributed by atoms with E-state index in [2.05, 4.69) is 14.4 Å². The molecule has 1 aliphatic carbocycles. The molecule has 0 aliphatic heterocycles. The van der Waals surface area contributed by atoms with Crippen molar-refractivity contribution < 1.29 is 12.9 Å². The van der Waals surface area contributed by atoms with Gasteiger partial charge in [-0.05, 0) is 12.8 Å². The Morgan fingerprint density at radius 2 is 2.22 bits per heavy atom. The van der Waals surface area contributed by atoms with Crippen LogP contribution in [0.1, 0.15) is 18.9 Å². The van der Waals surface area contributed by atoms with Crippen molar-refractivity contribution >= 4 is 33.2 Å². The van der Waals surface area contributed by atoms with Gasteiger partial charge in [0.15, 0.2) is 0 Å². The summed E-state index contributed by atoms with van der Waals surface area (Å²) in [5.41, 5.74) is 0.290. The maximum Gasteiger partial charge on any atom is 0.212 e. The number of hydrogen-bond acceptors (Lipinski definition) is 4. The van der Waals surface area contributed by atoms with E-state index in [1.54, 1.807) is 13.1 Å². The monoisotopic (exact) mass is 312 g/mol. The van der Waals surface area contributed by atoms with Crippen LogP contribution in [0, 0.1) is 5.41 Å². The van der Waals surface area contributed by atoms with E-state index in [0.717, 1.165) is 5.56 Å². The van der Waals surface area contributed by atoms with Gasteiger partial charge >= 0.3 is 0 Å². The first-order valence-electron chi connectivity index (χ1n) is 5.48. The van der Waals surface area contributed by atoms with Gasteiger partial charge in [0.2, 0.25) is 10.0 Å². The number of hydrogen-bond donors (Lipinski definition) is 1. The fourth-order valence-electron chi connectivity index (χ4n) is 1.77. The lowest BCUT2D eigenvalue weighted by molar-refractivity contribution is 0.419. The number of rotatable bonds is 6. The Labute approximate surface area is 116 Å². The predicted molar refractivity (Wildman–Crippen MR) is 69.2 cm³/mol. The van der Waals surface area contributed by atoms with Gasteiger partial charge in [-0.3, -0.25) is 0 Å². The van der Waals surface area contributed by atoms with Gasteiger partial charge in [-0.25, -0.2) is 13.1 Å². The number of alkyl halides is 2. The molecule has 0 aromatic carbocycles. The first kappa shape index (κ1) is 14.1. The van der Waals surface area contributed by atoms with Gasteiger partial charge in [0.1, 0.15) is 10.6 Å². The zero-order chi connectivity index (χ0) is 13.4. The van der Waals surface area contributed by atoms with E-state index in [9.17, 15) is 8.42 Å². The SMILES string of the molecule is CC1(CS(=O)(=O)NCCc2cnoc2)CC1(Cl)Cl. The van der Waals surface area contributed by atoms with Crippen molar-refractivity contribution in [3.63, 3.8) is 0 Å². The topological polar surface area (TPSA) is 72.2 Å². The summed E-state index contributed by atoms with van der Waals surface area (Å²) in [7, 11) is -3.37. The smallest absolute Gasteiger partial charge is 0.212 e. The Kier molecular flexibility index (Phi) is 3.66. The lowest BCUT2D eigenvalue weighted by Gasteiger charge is -2.12. The second kappa shape index (κ2) is 4.67. The molecule has 1 saturated carbocycles. The summed E-state index contributed by atoms with van der Waals surface area (Å²) in [6.07, 6.45) is 4.07. The van der Waals surface area contributed by atoms with Gasteiger partial charge in [0.05, 0.1) is 11.9 Å². The molecule has 0 amide bonds. The van der Waals surface area contributed by atoms with Gasteiger partial charge in [-0.1, -0.05) is 12.1 Å². The fourth-order valence-corrected chi connectivity index (χ4v) is 4.36. The van der Waals surface area contributed by atoms with E-state index >= 15 is 0 Å². The largest absolute Gasteiger partial charge is 0.364 e. The Morgan fingerprint density at radius 1 is 1.56 bits per heavy atom. The Bertz CT molecular complexity index is 515. The second-order valence-corrected chi connectivity index (χ2v) is 8.17. The van der Waals surface area contributed by atoms with E-state index in [1.165, 1.54) is 6.26 Å². The van der Waals surface area contributed by atoms with Crippen molar-refractivity contribution in [3.8, 4) is 0 Å². The number of nitrogens with one attached hydrogen (secondary N) is 1. The molecule has 1 heterocycles. The molecule has 1 unspecified atom stereocenters. The molecule has 1 aromatic rings. The van der Waals surface area contributed by atoms with Crippen LogP contribution in [0.5, 0.6) is 0 Å². The highest BCUT2D eigenvalue weighted by Crippen LogP contribution is 2.64. The molecule has 5 nitrogen and oxygen atoms in total. The third kappa shape index (κ3) is 3.17. The summed E-state index contributed by atoms with van der Waals surface area (Å²) in [6.45, 7) is 2.07. The van der Waals surface area contributed by atoms with Gasteiger partial charge in [0, 0.05) is 17.5 Å². The van der Waals surface area contributed by atoms with Gasteiger partial charge < -0.3 is 4.52 Å². The molecule has 8 heteroatoms. The highest BCUT2D eigenvalue weighted by atomic mass is 35.5. The van der Waals surface area contributed by atoms with Crippen LogP contribution in [0.2, 0.25) is 0 Å². The molecule has 102 valence electrons. The molecule has 1 atom stereocenters. The average molecular weight is 313 g/mol. The molecule has 1 N–H and O–H groups in total. The minimum absolute atomic E-state index is 0.0589. The molecular formula is C10H14Cl2N2O3S. The molecule has 1 aromatic heterocycles. The molecule has 1 fully saturated rings. The molecule has 0 spiro atoms. The zero-order valence-electron chi connectivity index (χ0n) is 9.82. The summed E-state index contributed by atoms with van der Waals surface area (Å²) < 4.78 is 29.9. The van der Waals surface area contributed by atoms with Crippen molar-refractivity contribution in [2.24, 2.45) is 5.41 Å². The Balaban J connectivity index is 1.82. The van der Waals surface area contributed by atoms with Crippen LogP contribution in [0.25, 0.3) is 0 Å². The lowest BCUT2D eigenvalue weighted by Crippen LogP contribution is -2.32. The van der Waals surface area contributed by atoms with Crippen LogP contribution in [-0.2, 0) is 16.4 Å². The van der Waals surface area contributed by atoms with Gasteiger partial charge in [-0.15, -0.1) is 23.2 Å². The van der Waals surface area contributed by atoms with Crippen molar-refractivity contribution in [1.29, 1.82) is 0 Å². The van der Waals surface area contributed by atoms with Crippen LogP contribution >= 0.6 is 23.2 Å². The molecule has 0 bridgehead atoms. The van der Waals surface area contributed by atoms with Crippen LogP contribution in [0.3, 0.4) is 0 Å². The predicted octanol–water partition coefficient (Wildman–Crippen LogP) is 1.72. The summed E-state index contributed by atoms with van der Waals surface area (Å²) in [4.78, 5) is 0. The summed E-state index contributed by atoms with van der Waals surface area (Å²) >= 11 is 11.8. The highest BCUT2D eigenvalue weighted by molar-refractivity contribution is 7.89. The Hall–Kier alpha value is -0.300. The highest BCUT2D eigenvalue weighted by Gasteiger charge is 2.64. The number of sulfonamides is 1. The van der Waals surface area contributed by atoms with Gasteiger partial charge in [0.25, 0.3) is 0 Å². The molecule has 0 radical (unpaired) electrons. The quantitative estimate of drug-likeness (QED) is 0.812. The molecule has 1 aliphatic rings. The summed E-state index contributed by atoms with van der Waals surface area (Å²) in [5, 5.41) is 3.54. The second-order valence-electron chi connectivity index (χ2n) is 4.88. The first-order chi connectivity index (χ1) is 8.24. The summed E-state index contributed by atoms with van der Waals surface area (Å²) in [5.74, 6) is -0.0589. The fraction of sp³-hybridized carbons (Fsp3) is 0.700. The van der Waals surface area contributed by atoms with Crippen molar-refractivity contribution in [3.05, 3.63) is 18.0 Å². The minimum atomic E-state index is -3.37. The first-order valence-corrected chi connectivity index (χ1v) is 7.88. The van der Waals surface area contributed by atoms with Crippen LogP contribution < -0.4 is 4.72 Å². The molecule has 18 heavy (non-hydrogen) atoms. The van der Waals surface area contributed by atoms with Crippen molar-refractivity contribution in [2.45, 2.75) is 24.1 Å². The Morgan fingerprint density at radius 3 is 2.72 bits per heavy atom. The van der Waals surface area contributed by atoms with Crippen molar-refractivity contribution in [2.75, 3.05) is 12.3 Å². The summed E-state index contributed by atoms with van der Waals surface area (Å²) in [6, 6.07) is 0. The third-order valence-corrected chi connectivity index (χ3v) is 5.94. The van der Waals surface area contributed by atoms with Crippen molar-refractivity contribution in [1.82, 2.24) is 9.88 Å². The van der Waals surface area contributed by atoms with Crippen LogP contribution in [0.4, 0.5) is 0 Å². The van der Waals surface area contributed by atoms with E-state index in [4.69, 9.17) is 23.2 Å².